The predicted octanol–water partition coefficient (Wildman–Crippen LogP) is 4.15. The Balaban J connectivity index is 1.65. The summed E-state index contributed by atoms with van der Waals surface area (Å²) in [6.45, 7) is 8.52. The molecule has 2 aromatic carbocycles. The molecule has 2 aromatic rings. The molecule has 0 radical (unpaired) electrons. The van der Waals surface area contributed by atoms with E-state index < -0.39 is 0 Å². The summed E-state index contributed by atoms with van der Waals surface area (Å²) >= 11 is 5.75. The summed E-state index contributed by atoms with van der Waals surface area (Å²) < 4.78 is 24.4. The number of nitrogens with one attached hydrogen (secondary N) is 1. The molecular weight excluding hydrogens is 401 g/mol. The molecular formula is C23H30FN3O2S. The number of anilines is 1. The van der Waals surface area contributed by atoms with Crippen LogP contribution in [-0.4, -0.2) is 60.9 Å². The molecule has 30 heavy (non-hydrogen) atoms. The number of ether oxygens (including phenoxy) is 2. The molecule has 0 aromatic heterocycles. The normalized spacial score (nSPS) is 14.3. The van der Waals surface area contributed by atoms with E-state index in [0.29, 0.717) is 18.3 Å². The summed E-state index contributed by atoms with van der Waals surface area (Å²) in [5, 5.41) is 3.97. The highest BCUT2D eigenvalue weighted by atomic mass is 32.1. The molecule has 1 saturated heterocycles. The Morgan fingerprint density at radius 2 is 1.90 bits per heavy atom. The molecule has 0 aliphatic carbocycles. The van der Waals surface area contributed by atoms with Crippen LogP contribution in [-0.2, 0) is 11.3 Å². The highest BCUT2D eigenvalue weighted by Gasteiger charge is 2.15. The number of hydrogen-bond acceptors (Lipinski definition) is 4. The molecule has 0 amide bonds. The third-order valence-electron chi connectivity index (χ3n) is 5.01. The van der Waals surface area contributed by atoms with Crippen LogP contribution in [0, 0.1) is 5.82 Å². The zero-order valence-corrected chi connectivity index (χ0v) is 18.3. The minimum atomic E-state index is -0.232. The second-order valence-corrected chi connectivity index (χ2v) is 7.60. The highest BCUT2D eigenvalue weighted by molar-refractivity contribution is 7.80. The quantitative estimate of drug-likeness (QED) is 0.602. The van der Waals surface area contributed by atoms with Crippen LogP contribution in [0.3, 0.4) is 0 Å². The molecule has 0 saturated carbocycles. The Labute approximate surface area is 183 Å². The third kappa shape index (κ3) is 6.93. The number of thiocarbonyl (C=S) groups is 1. The monoisotopic (exact) mass is 431 g/mol. The van der Waals surface area contributed by atoms with Crippen molar-refractivity contribution in [3.05, 3.63) is 59.9 Å². The number of halogens is 1. The number of para-hydroxylation sites is 2. The van der Waals surface area contributed by atoms with Gasteiger partial charge >= 0.3 is 0 Å². The number of hydrogen-bond donors (Lipinski definition) is 1. The standard InChI is InChI=1S/C23H30FN3O2S/c1-2-29-22-7-4-3-6-21(22)25-23(30)27(18-19-8-10-20(24)11-9-19)13-5-12-26-14-16-28-17-15-26/h3-4,6-11H,2,5,12-18H2,1H3,(H,25,30). The lowest BCUT2D eigenvalue weighted by molar-refractivity contribution is 0.0368. The Kier molecular flexibility index (Phi) is 8.86. The van der Waals surface area contributed by atoms with Crippen molar-refractivity contribution >= 4 is 23.0 Å². The molecule has 1 aliphatic heterocycles. The van der Waals surface area contributed by atoms with E-state index in [4.69, 9.17) is 21.7 Å². The van der Waals surface area contributed by atoms with Crippen molar-refractivity contribution in [1.82, 2.24) is 9.80 Å². The van der Waals surface area contributed by atoms with E-state index in [1.807, 2.05) is 31.2 Å². The fourth-order valence-corrected chi connectivity index (χ4v) is 3.68. The Hall–Kier alpha value is -2.22. The van der Waals surface area contributed by atoms with Gasteiger partial charge in [-0.15, -0.1) is 0 Å². The maximum absolute atomic E-state index is 13.3. The van der Waals surface area contributed by atoms with Gasteiger partial charge in [0, 0.05) is 32.7 Å². The Bertz CT molecular complexity index is 797. The molecule has 0 bridgehead atoms. The fraction of sp³-hybridized carbons (Fsp3) is 0.435. The maximum atomic E-state index is 13.3. The Morgan fingerprint density at radius 1 is 1.17 bits per heavy atom. The van der Waals surface area contributed by atoms with Crippen LogP contribution in [0.2, 0.25) is 0 Å². The van der Waals surface area contributed by atoms with Gasteiger partial charge in [0.05, 0.1) is 25.5 Å². The van der Waals surface area contributed by atoms with Gasteiger partial charge in [0.25, 0.3) is 0 Å². The van der Waals surface area contributed by atoms with E-state index >= 15 is 0 Å². The molecule has 0 spiro atoms. The number of morpholine rings is 1. The van der Waals surface area contributed by atoms with Crippen molar-refractivity contribution < 1.29 is 13.9 Å². The van der Waals surface area contributed by atoms with Crippen molar-refractivity contribution in [3.8, 4) is 5.75 Å². The average Bonchev–Trinajstić information content (AvgIpc) is 2.77. The maximum Gasteiger partial charge on any atom is 0.173 e. The van der Waals surface area contributed by atoms with Crippen molar-refractivity contribution in [2.45, 2.75) is 19.9 Å². The molecule has 1 N–H and O–H groups in total. The fourth-order valence-electron chi connectivity index (χ4n) is 3.42. The molecule has 162 valence electrons. The molecule has 5 nitrogen and oxygen atoms in total. The van der Waals surface area contributed by atoms with Gasteiger partial charge in [-0.25, -0.2) is 4.39 Å². The van der Waals surface area contributed by atoms with Crippen molar-refractivity contribution in [2.75, 3.05) is 51.3 Å². The zero-order valence-electron chi connectivity index (χ0n) is 17.5. The summed E-state index contributed by atoms with van der Waals surface area (Å²) in [5.41, 5.74) is 1.87. The van der Waals surface area contributed by atoms with Crippen LogP contribution in [0.25, 0.3) is 0 Å². The molecule has 0 unspecified atom stereocenters. The van der Waals surface area contributed by atoms with Crippen LogP contribution in [0.4, 0.5) is 10.1 Å². The Morgan fingerprint density at radius 3 is 2.63 bits per heavy atom. The minimum Gasteiger partial charge on any atom is -0.492 e. The number of rotatable bonds is 9. The third-order valence-corrected chi connectivity index (χ3v) is 5.37. The van der Waals surface area contributed by atoms with E-state index in [1.165, 1.54) is 12.1 Å². The predicted molar refractivity (Wildman–Crippen MR) is 123 cm³/mol. The lowest BCUT2D eigenvalue weighted by atomic mass is 10.2. The SMILES string of the molecule is CCOc1ccccc1NC(=S)N(CCCN1CCOCC1)Cc1ccc(F)cc1. The van der Waals surface area contributed by atoms with Gasteiger partial charge in [-0.05, 0) is 55.4 Å². The van der Waals surface area contributed by atoms with Crippen LogP contribution in [0.5, 0.6) is 5.75 Å². The smallest absolute Gasteiger partial charge is 0.173 e. The van der Waals surface area contributed by atoms with Gasteiger partial charge in [-0.1, -0.05) is 24.3 Å². The first-order valence-corrected chi connectivity index (χ1v) is 10.9. The minimum absolute atomic E-state index is 0.232. The molecule has 1 fully saturated rings. The lowest BCUT2D eigenvalue weighted by Crippen LogP contribution is -2.40. The van der Waals surface area contributed by atoms with Crippen LogP contribution in [0.1, 0.15) is 18.9 Å². The van der Waals surface area contributed by atoms with E-state index in [2.05, 4.69) is 15.1 Å². The molecule has 0 atom stereocenters. The first kappa shape index (κ1) is 22.5. The average molecular weight is 432 g/mol. The highest BCUT2D eigenvalue weighted by Crippen LogP contribution is 2.24. The van der Waals surface area contributed by atoms with Gasteiger partial charge in [0.15, 0.2) is 5.11 Å². The largest absolute Gasteiger partial charge is 0.492 e. The van der Waals surface area contributed by atoms with E-state index in [1.54, 1.807) is 12.1 Å². The van der Waals surface area contributed by atoms with Gasteiger partial charge in [-0.3, -0.25) is 4.90 Å². The van der Waals surface area contributed by atoms with Crippen molar-refractivity contribution in [2.24, 2.45) is 0 Å². The molecule has 1 heterocycles. The molecule has 3 rings (SSSR count). The van der Waals surface area contributed by atoms with Gasteiger partial charge in [-0.2, -0.15) is 0 Å². The first-order valence-electron chi connectivity index (χ1n) is 10.5. The van der Waals surface area contributed by atoms with E-state index in [-0.39, 0.29) is 5.82 Å². The van der Waals surface area contributed by atoms with Gasteiger partial charge in [0.1, 0.15) is 11.6 Å². The van der Waals surface area contributed by atoms with Gasteiger partial charge in [0.2, 0.25) is 0 Å². The van der Waals surface area contributed by atoms with Crippen LogP contribution < -0.4 is 10.1 Å². The van der Waals surface area contributed by atoms with Crippen LogP contribution in [0.15, 0.2) is 48.5 Å². The second-order valence-electron chi connectivity index (χ2n) is 7.21. The number of benzene rings is 2. The summed E-state index contributed by atoms with van der Waals surface area (Å²) in [5.74, 6) is 0.543. The zero-order chi connectivity index (χ0) is 21.2. The van der Waals surface area contributed by atoms with E-state index in [9.17, 15) is 4.39 Å². The summed E-state index contributed by atoms with van der Waals surface area (Å²) in [4.78, 5) is 4.55. The van der Waals surface area contributed by atoms with Crippen molar-refractivity contribution in [1.29, 1.82) is 0 Å². The van der Waals surface area contributed by atoms with Crippen LogP contribution >= 0.6 is 12.2 Å². The van der Waals surface area contributed by atoms with Gasteiger partial charge < -0.3 is 19.7 Å². The summed E-state index contributed by atoms with van der Waals surface area (Å²) in [7, 11) is 0. The number of nitrogens with zero attached hydrogens (tertiary/aromatic N) is 2. The molecule has 7 heteroatoms. The first-order chi connectivity index (χ1) is 14.7. The second kappa shape index (κ2) is 11.8. The lowest BCUT2D eigenvalue weighted by Gasteiger charge is -2.30. The molecule has 1 aliphatic rings. The summed E-state index contributed by atoms with van der Waals surface area (Å²) in [6, 6.07) is 14.4. The topological polar surface area (TPSA) is 37.0 Å². The summed E-state index contributed by atoms with van der Waals surface area (Å²) in [6.07, 6.45) is 0.982. The van der Waals surface area contributed by atoms with E-state index in [0.717, 1.165) is 62.8 Å². The van der Waals surface area contributed by atoms with Crippen molar-refractivity contribution in [3.63, 3.8) is 0 Å².